The van der Waals surface area contributed by atoms with E-state index in [4.69, 9.17) is 10.5 Å². The van der Waals surface area contributed by atoms with Gasteiger partial charge in [0.1, 0.15) is 60.4 Å². The number of amides is 8. The number of carbonyl (C=O) groups excluding carboxylic acids is 9. The summed E-state index contributed by atoms with van der Waals surface area (Å²) < 4.78 is 5.91. The van der Waals surface area contributed by atoms with Crippen molar-refractivity contribution < 1.29 is 63.2 Å². The summed E-state index contributed by atoms with van der Waals surface area (Å²) in [6, 6.07) is 4.34. The Bertz CT molecular complexity index is 2300. The Morgan fingerprint density at radius 2 is 1.47 bits per heavy atom. The van der Waals surface area contributed by atoms with Gasteiger partial charge in [-0.05, 0) is 87.0 Å². The van der Waals surface area contributed by atoms with E-state index < -0.39 is 120 Å². The van der Waals surface area contributed by atoms with E-state index in [0.29, 0.717) is 30.4 Å². The van der Waals surface area contributed by atoms with Crippen LogP contribution >= 0.6 is 0 Å². The number of primary amides is 1. The van der Waals surface area contributed by atoms with E-state index in [0.717, 1.165) is 9.80 Å². The number of rotatable bonds is 15. The molecule has 1 aliphatic carbocycles. The van der Waals surface area contributed by atoms with Gasteiger partial charge in [-0.2, -0.15) is 0 Å². The zero-order valence-electron chi connectivity index (χ0n) is 41.5. The molecule has 0 radical (unpaired) electrons. The highest BCUT2D eigenvalue weighted by atomic mass is 16.5. The van der Waals surface area contributed by atoms with Crippen LogP contribution in [0.4, 0.5) is 0 Å². The number of aliphatic hydroxyl groups excluding tert-OH is 2. The van der Waals surface area contributed by atoms with Gasteiger partial charge in [-0.15, -0.1) is 0 Å². The standard InChI is InChI=1S/C51H70N8O13/c1-6-10-41(63)53-35(21-23-40(52)62)45(65)57-44-29(4)72-51(71)43(28(2)3)56-47(67)38(26-32-15-19-34(61)20-16-32)58(5)50(70)39(27-30-11-8-7-9-12-30)59-42(64)24-22-36(49(59)69)54-46(66)37(55-48(44)68)25-31-13-17-33(60)18-14-31/h7-9,11-13,15-17,19-20,28-29,31,33,35-39,42-44,60-61,64H,6,10,14,18,21-27H2,1-5H3,(H2,52,62)(H,53,63)(H,54,66)(H,55,68)(H,56,67)(H,57,65)/t29-,31?,33?,35-,36-,37-,38-,39-,42+,43-,44-/m0/s1. The number of nitrogens with one attached hydrogen (secondary N) is 5. The number of benzene rings is 2. The zero-order valence-corrected chi connectivity index (χ0v) is 41.5. The number of nitrogens with two attached hydrogens (primary N) is 1. The van der Waals surface area contributed by atoms with Crippen LogP contribution in [0.2, 0.25) is 0 Å². The lowest BCUT2D eigenvalue weighted by atomic mass is 9.88. The Hall–Kier alpha value is -6.87. The second-order valence-electron chi connectivity index (χ2n) is 19.2. The summed E-state index contributed by atoms with van der Waals surface area (Å²) in [4.78, 5) is 129. The minimum absolute atomic E-state index is 0.0255. The SMILES string of the molecule is CCCC(=O)N[C@@H](CCC(N)=O)C(=O)N[C@@H]1C(=O)N[C@@H](CC2C=CC(O)CC2)C(=O)N[C@H]2CC[C@@H](O)N(C2=O)[C@@H](Cc2ccccc2)C(=O)N(C)[C@@H](Cc2ccc(O)cc2)C(=O)N[C@@H](C(C)C)C(=O)O[C@H]1C. The maximum atomic E-state index is 15.1. The van der Waals surface area contributed by atoms with Crippen molar-refractivity contribution in [3.8, 4) is 5.75 Å². The number of likely N-dealkylation sites (N-methyl/N-ethyl adjacent to an activating group) is 1. The second-order valence-corrected chi connectivity index (χ2v) is 19.2. The number of piperidine rings is 1. The average Bonchev–Trinajstić information content (AvgIpc) is 3.33. The smallest absolute Gasteiger partial charge is 0.329 e. The molecule has 11 atom stereocenters. The van der Waals surface area contributed by atoms with E-state index in [-0.39, 0.29) is 63.0 Å². The molecule has 21 heteroatoms. The van der Waals surface area contributed by atoms with Gasteiger partial charge in [-0.1, -0.05) is 75.4 Å². The number of fused-ring (bicyclic) bond motifs is 2. The Morgan fingerprint density at radius 1 is 0.806 bits per heavy atom. The van der Waals surface area contributed by atoms with Crippen molar-refractivity contribution in [2.45, 2.75) is 159 Å². The van der Waals surface area contributed by atoms with E-state index in [2.05, 4.69) is 26.6 Å². The first-order chi connectivity index (χ1) is 34.2. The molecule has 0 aromatic heterocycles. The first-order valence-electron chi connectivity index (χ1n) is 24.6. The first-order valence-corrected chi connectivity index (χ1v) is 24.6. The number of nitrogens with zero attached hydrogens (tertiary/aromatic N) is 2. The van der Waals surface area contributed by atoms with Crippen molar-refractivity contribution in [2.24, 2.45) is 17.6 Å². The lowest BCUT2D eigenvalue weighted by molar-refractivity contribution is -0.165. The number of hydrogen-bond acceptors (Lipinski definition) is 13. The largest absolute Gasteiger partial charge is 0.508 e. The number of hydrogen-bond donors (Lipinski definition) is 9. The molecule has 0 spiro atoms. The summed E-state index contributed by atoms with van der Waals surface area (Å²) in [5, 5.41) is 45.1. The number of phenolic OH excluding ortho intramolecular Hbond substituents is 1. The molecule has 2 aromatic carbocycles. The molecule has 21 nitrogen and oxygen atoms in total. The third kappa shape index (κ3) is 15.3. The van der Waals surface area contributed by atoms with Crippen LogP contribution in [0.3, 0.4) is 0 Å². The molecule has 8 amide bonds. The molecule has 3 aliphatic rings. The minimum atomic E-state index is -1.79. The van der Waals surface area contributed by atoms with Crippen LogP contribution in [0.5, 0.6) is 5.75 Å². The lowest BCUT2D eigenvalue weighted by Gasteiger charge is -2.43. The molecule has 5 rings (SSSR count). The van der Waals surface area contributed by atoms with Crippen molar-refractivity contribution in [1.82, 2.24) is 36.4 Å². The Morgan fingerprint density at radius 3 is 2.10 bits per heavy atom. The molecule has 72 heavy (non-hydrogen) atoms. The Labute approximate surface area is 419 Å². The van der Waals surface area contributed by atoms with E-state index >= 15 is 4.79 Å². The van der Waals surface area contributed by atoms with Gasteiger partial charge in [-0.3, -0.25) is 38.4 Å². The van der Waals surface area contributed by atoms with Crippen LogP contribution in [0.15, 0.2) is 66.7 Å². The lowest BCUT2D eigenvalue weighted by Crippen LogP contribution is -2.65. The highest BCUT2D eigenvalue weighted by Crippen LogP contribution is 2.27. The molecule has 10 N–H and O–H groups in total. The highest BCUT2D eigenvalue weighted by Gasteiger charge is 2.46. The van der Waals surface area contributed by atoms with Gasteiger partial charge in [-0.25, -0.2) is 4.79 Å². The van der Waals surface area contributed by atoms with Gasteiger partial charge in [0.25, 0.3) is 0 Å². The molecular weight excluding hydrogens is 933 g/mol. The third-order valence-electron chi connectivity index (χ3n) is 13.3. The quantitative estimate of drug-likeness (QED) is 0.0848. The van der Waals surface area contributed by atoms with Crippen LogP contribution in [-0.2, 0) is 60.7 Å². The summed E-state index contributed by atoms with van der Waals surface area (Å²) in [7, 11) is 1.35. The molecular formula is C51H70N8O13. The van der Waals surface area contributed by atoms with Gasteiger partial charge in [0.2, 0.25) is 47.3 Å². The molecule has 2 heterocycles. The molecule has 2 bridgehead atoms. The number of cyclic esters (lactones) is 1. The summed E-state index contributed by atoms with van der Waals surface area (Å²) in [5.74, 6) is -8.73. The van der Waals surface area contributed by atoms with Crippen LogP contribution in [0.25, 0.3) is 0 Å². The van der Waals surface area contributed by atoms with Crippen LogP contribution < -0.4 is 32.3 Å². The van der Waals surface area contributed by atoms with Crippen LogP contribution in [-0.4, -0.2) is 146 Å². The second kappa shape index (κ2) is 26.0. The first kappa shape index (κ1) is 56.0. The van der Waals surface area contributed by atoms with Crippen LogP contribution in [0, 0.1) is 11.8 Å². The van der Waals surface area contributed by atoms with Gasteiger partial charge >= 0.3 is 5.97 Å². The molecule has 0 saturated carbocycles. The number of carbonyl (C=O) groups is 9. The predicted octanol–water partition coefficient (Wildman–Crippen LogP) is 0.122. The van der Waals surface area contributed by atoms with Crippen molar-refractivity contribution in [3.05, 3.63) is 77.9 Å². The summed E-state index contributed by atoms with van der Waals surface area (Å²) in [5.41, 5.74) is 6.50. The maximum Gasteiger partial charge on any atom is 0.329 e. The Kier molecular flexibility index (Phi) is 20.2. The van der Waals surface area contributed by atoms with Crippen LogP contribution in [0.1, 0.15) is 96.6 Å². The summed E-state index contributed by atoms with van der Waals surface area (Å²) in [6.45, 7) is 6.27. The van der Waals surface area contributed by atoms with Gasteiger partial charge in [0.15, 0.2) is 0 Å². The van der Waals surface area contributed by atoms with Crippen molar-refractivity contribution in [3.63, 3.8) is 0 Å². The monoisotopic (exact) mass is 1000 g/mol. The maximum absolute atomic E-state index is 15.1. The topological polar surface area (TPSA) is 316 Å². The molecule has 392 valence electrons. The highest BCUT2D eigenvalue weighted by molar-refractivity contribution is 5.98. The number of ether oxygens (including phenoxy) is 1. The average molecular weight is 1000 g/mol. The number of allylic oxidation sites excluding steroid dienone is 1. The van der Waals surface area contributed by atoms with Gasteiger partial charge < -0.3 is 62.2 Å². The summed E-state index contributed by atoms with van der Waals surface area (Å²) in [6.07, 6.45) is -0.479. The normalized spacial score (nSPS) is 27.3. The van der Waals surface area contributed by atoms with Crippen molar-refractivity contribution in [1.29, 1.82) is 0 Å². The third-order valence-corrected chi connectivity index (χ3v) is 13.3. The number of aliphatic hydroxyl groups is 2. The Balaban J connectivity index is 1.64. The fourth-order valence-corrected chi connectivity index (χ4v) is 9.09. The van der Waals surface area contributed by atoms with Crippen molar-refractivity contribution in [2.75, 3.05) is 7.05 Å². The van der Waals surface area contributed by atoms with Gasteiger partial charge in [0, 0.05) is 32.7 Å². The molecule has 2 aliphatic heterocycles. The van der Waals surface area contributed by atoms with E-state index in [1.165, 1.54) is 26.1 Å². The number of aromatic hydroxyl groups is 1. The minimum Gasteiger partial charge on any atom is -0.508 e. The van der Waals surface area contributed by atoms with E-state index in [9.17, 15) is 53.7 Å². The molecule has 2 saturated heterocycles. The predicted molar refractivity (Wildman–Crippen MR) is 260 cm³/mol. The van der Waals surface area contributed by atoms with E-state index in [1.54, 1.807) is 75.4 Å². The molecule has 2 aromatic rings. The molecule has 2 unspecified atom stereocenters. The van der Waals surface area contributed by atoms with Gasteiger partial charge in [0.05, 0.1) is 6.10 Å². The fourth-order valence-electron chi connectivity index (χ4n) is 9.09. The fraction of sp³-hybridized carbons (Fsp3) is 0.549. The number of esters is 1. The van der Waals surface area contributed by atoms with Crippen molar-refractivity contribution >= 4 is 53.2 Å². The van der Waals surface area contributed by atoms with E-state index in [1.807, 2.05) is 0 Å². The summed E-state index contributed by atoms with van der Waals surface area (Å²) >= 11 is 0. The molecule has 2 fully saturated rings. The zero-order chi connectivity index (χ0) is 52.8. The number of phenols is 1.